The number of carbonyl (C=O) groups is 2. The molecule has 126 valence electrons. The molecule has 1 aromatic rings. The Balaban J connectivity index is 2.27. The highest BCUT2D eigenvalue weighted by Gasteiger charge is 2.27. The van der Waals surface area contributed by atoms with E-state index in [0.29, 0.717) is 23.1 Å². The summed E-state index contributed by atoms with van der Waals surface area (Å²) in [6.07, 6.45) is 0.626. The maximum absolute atomic E-state index is 12.4. The molecule has 1 aliphatic rings. The van der Waals surface area contributed by atoms with E-state index in [4.69, 9.17) is 0 Å². The molecule has 0 unspecified atom stereocenters. The average molecular weight is 405 g/mol. The van der Waals surface area contributed by atoms with Gasteiger partial charge in [0.1, 0.15) is 0 Å². The maximum Gasteiger partial charge on any atom is 0.306 e. The number of fused-ring (bicyclic) bond motifs is 1. The highest BCUT2D eigenvalue weighted by Crippen LogP contribution is 2.35. The Labute approximate surface area is 143 Å². The molecule has 0 radical (unpaired) electrons. The summed E-state index contributed by atoms with van der Waals surface area (Å²) < 4.78 is 32.1. The molecule has 23 heavy (non-hydrogen) atoms. The van der Waals surface area contributed by atoms with E-state index in [1.165, 1.54) is 20.1 Å². The number of benzene rings is 1. The van der Waals surface area contributed by atoms with Crippen LogP contribution in [0.2, 0.25) is 0 Å². The monoisotopic (exact) mass is 404 g/mol. The number of rotatable bonds is 5. The van der Waals surface area contributed by atoms with E-state index in [0.717, 1.165) is 5.56 Å². The summed E-state index contributed by atoms with van der Waals surface area (Å²) in [5, 5.41) is 0. The molecule has 0 saturated heterocycles. The number of methoxy groups -OCH3 is 1. The fourth-order valence-corrected chi connectivity index (χ4v) is 4.53. The van der Waals surface area contributed by atoms with Crippen molar-refractivity contribution >= 4 is 43.5 Å². The van der Waals surface area contributed by atoms with E-state index >= 15 is 0 Å². The first-order valence-corrected chi connectivity index (χ1v) is 9.21. The highest BCUT2D eigenvalue weighted by atomic mass is 79.9. The summed E-state index contributed by atoms with van der Waals surface area (Å²) in [7, 11) is -2.57. The Hall–Kier alpha value is -1.45. The summed E-state index contributed by atoms with van der Waals surface area (Å²) in [5.74, 6) is -0.628. The van der Waals surface area contributed by atoms with Gasteiger partial charge in [0, 0.05) is 30.2 Å². The number of hydrogen-bond donors (Lipinski definition) is 1. The first-order valence-electron chi connectivity index (χ1n) is 6.93. The highest BCUT2D eigenvalue weighted by molar-refractivity contribution is 9.10. The van der Waals surface area contributed by atoms with Crippen molar-refractivity contribution in [2.45, 2.75) is 24.7 Å². The van der Waals surface area contributed by atoms with Gasteiger partial charge < -0.3 is 9.64 Å². The standard InChI is InChI=1S/C14H17BrN2O5S/c1-9(18)17-6-4-10-7-11(15)13(8-12(10)17)23(20,21)16-5-3-14(19)22-2/h7-8,16H,3-6H2,1-2H3. The Morgan fingerprint density at radius 2 is 2.09 bits per heavy atom. The molecule has 0 fully saturated rings. The van der Waals surface area contributed by atoms with E-state index in [-0.39, 0.29) is 23.8 Å². The molecular formula is C14H17BrN2O5S. The molecule has 0 aliphatic carbocycles. The molecule has 9 heteroatoms. The summed E-state index contributed by atoms with van der Waals surface area (Å²) >= 11 is 3.26. The predicted octanol–water partition coefficient (Wildman–Crippen LogP) is 1.20. The van der Waals surface area contributed by atoms with E-state index in [1.54, 1.807) is 11.0 Å². The molecule has 1 heterocycles. The van der Waals surface area contributed by atoms with Crippen LogP contribution in [-0.4, -0.2) is 40.5 Å². The molecule has 1 N–H and O–H groups in total. The lowest BCUT2D eigenvalue weighted by Crippen LogP contribution is -2.28. The number of anilines is 1. The van der Waals surface area contributed by atoms with Gasteiger partial charge in [-0.1, -0.05) is 0 Å². The second kappa shape index (κ2) is 6.98. The van der Waals surface area contributed by atoms with Crippen LogP contribution >= 0.6 is 15.9 Å². The summed E-state index contributed by atoms with van der Waals surface area (Å²) in [5.41, 5.74) is 1.52. The minimum absolute atomic E-state index is 0.0364. The molecule has 0 aromatic heterocycles. The summed E-state index contributed by atoms with van der Waals surface area (Å²) in [6.45, 7) is 1.92. The van der Waals surface area contributed by atoms with Gasteiger partial charge >= 0.3 is 5.97 Å². The molecule has 7 nitrogen and oxygen atoms in total. The summed E-state index contributed by atoms with van der Waals surface area (Å²) in [4.78, 5) is 24.3. The number of amides is 1. The Bertz CT molecular complexity index is 748. The lowest BCUT2D eigenvalue weighted by atomic mass is 10.2. The zero-order chi connectivity index (χ0) is 17.2. The normalized spacial score (nSPS) is 13.8. The number of halogens is 1. The van der Waals surface area contributed by atoms with Gasteiger partial charge in [-0.05, 0) is 40.0 Å². The molecule has 2 rings (SSSR count). The van der Waals surface area contributed by atoms with Crippen molar-refractivity contribution in [2.75, 3.05) is 25.1 Å². The zero-order valence-corrected chi connectivity index (χ0v) is 15.2. The van der Waals surface area contributed by atoms with Crippen LogP contribution in [0.5, 0.6) is 0 Å². The van der Waals surface area contributed by atoms with Crippen molar-refractivity contribution in [1.29, 1.82) is 0 Å². The van der Waals surface area contributed by atoms with Crippen molar-refractivity contribution in [3.63, 3.8) is 0 Å². The van der Waals surface area contributed by atoms with Gasteiger partial charge in [-0.2, -0.15) is 0 Å². The number of carbonyl (C=O) groups excluding carboxylic acids is 2. The molecule has 0 spiro atoms. The fourth-order valence-electron chi connectivity index (χ4n) is 2.39. The Morgan fingerprint density at radius 3 is 2.70 bits per heavy atom. The van der Waals surface area contributed by atoms with Gasteiger partial charge in [0.15, 0.2) is 0 Å². The van der Waals surface area contributed by atoms with Crippen LogP contribution in [0.4, 0.5) is 5.69 Å². The number of nitrogens with zero attached hydrogens (tertiary/aromatic N) is 1. The number of esters is 1. The van der Waals surface area contributed by atoms with Gasteiger partial charge in [0.05, 0.1) is 18.4 Å². The van der Waals surface area contributed by atoms with E-state index in [2.05, 4.69) is 25.4 Å². The van der Waals surface area contributed by atoms with Crippen LogP contribution in [0.1, 0.15) is 18.9 Å². The number of hydrogen-bond acceptors (Lipinski definition) is 5. The smallest absolute Gasteiger partial charge is 0.306 e. The molecule has 0 saturated carbocycles. The zero-order valence-electron chi connectivity index (χ0n) is 12.8. The Kier molecular flexibility index (Phi) is 5.43. The topological polar surface area (TPSA) is 92.8 Å². The third-order valence-corrected chi connectivity index (χ3v) is 5.97. The lowest BCUT2D eigenvalue weighted by Gasteiger charge is -2.16. The third kappa shape index (κ3) is 3.91. The summed E-state index contributed by atoms with van der Waals surface area (Å²) in [6, 6.07) is 3.20. The molecule has 0 atom stereocenters. The molecular weight excluding hydrogens is 388 g/mol. The van der Waals surface area contributed by atoms with Crippen molar-refractivity contribution in [2.24, 2.45) is 0 Å². The van der Waals surface area contributed by atoms with Crippen LogP contribution < -0.4 is 9.62 Å². The second-order valence-electron chi connectivity index (χ2n) is 5.06. The van der Waals surface area contributed by atoms with E-state index in [1.807, 2.05) is 0 Å². The van der Waals surface area contributed by atoms with Crippen molar-refractivity contribution < 1.29 is 22.7 Å². The van der Waals surface area contributed by atoms with Gasteiger partial charge in [-0.3, -0.25) is 9.59 Å². The van der Waals surface area contributed by atoms with Gasteiger partial charge in [-0.25, -0.2) is 13.1 Å². The molecule has 1 aliphatic heterocycles. The number of nitrogens with one attached hydrogen (secondary N) is 1. The SMILES string of the molecule is COC(=O)CCNS(=O)(=O)c1cc2c(cc1Br)CCN2C(C)=O. The predicted molar refractivity (Wildman–Crippen MR) is 87.7 cm³/mol. The van der Waals surface area contributed by atoms with Crippen LogP contribution in [-0.2, 0) is 30.8 Å². The second-order valence-corrected chi connectivity index (χ2v) is 7.65. The lowest BCUT2D eigenvalue weighted by molar-refractivity contribution is -0.140. The van der Waals surface area contributed by atoms with Crippen LogP contribution in [0.25, 0.3) is 0 Å². The number of ether oxygens (including phenoxy) is 1. The fraction of sp³-hybridized carbons (Fsp3) is 0.429. The molecule has 1 aromatic carbocycles. The van der Waals surface area contributed by atoms with Crippen LogP contribution in [0.15, 0.2) is 21.5 Å². The van der Waals surface area contributed by atoms with E-state index in [9.17, 15) is 18.0 Å². The van der Waals surface area contributed by atoms with Crippen molar-refractivity contribution in [3.8, 4) is 0 Å². The molecule has 0 bridgehead atoms. The van der Waals surface area contributed by atoms with Gasteiger partial charge in [0.25, 0.3) is 0 Å². The quantitative estimate of drug-likeness (QED) is 0.744. The van der Waals surface area contributed by atoms with Crippen molar-refractivity contribution in [3.05, 3.63) is 22.2 Å². The number of sulfonamides is 1. The largest absolute Gasteiger partial charge is 0.469 e. The first kappa shape index (κ1) is 17.9. The minimum atomic E-state index is -3.81. The van der Waals surface area contributed by atoms with Crippen molar-refractivity contribution in [1.82, 2.24) is 4.72 Å². The van der Waals surface area contributed by atoms with Gasteiger partial charge in [0.2, 0.25) is 15.9 Å². The first-order chi connectivity index (χ1) is 10.8. The van der Waals surface area contributed by atoms with Gasteiger partial charge in [-0.15, -0.1) is 0 Å². The molecule has 1 amide bonds. The minimum Gasteiger partial charge on any atom is -0.469 e. The third-order valence-electron chi connectivity index (χ3n) is 3.55. The van der Waals surface area contributed by atoms with E-state index < -0.39 is 16.0 Å². The maximum atomic E-state index is 12.4. The average Bonchev–Trinajstić information content (AvgIpc) is 2.88. The van der Waals surface area contributed by atoms with Crippen LogP contribution in [0, 0.1) is 0 Å². The van der Waals surface area contributed by atoms with Crippen LogP contribution in [0.3, 0.4) is 0 Å². The Morgan fingerprint density at radius 1 is 1.39 bits per heavy atom.